The Bertz CT molecular complexity index is 2110. The summed E-state index contributed by atoms with van der Waals surface area (Å²) in [5, 5.41) is 10.3. The lowest BCUT2D eigenvalue weighted by Gasteiger charge is -2.23. The van der Waals surface area contributed by atoms with Gasteiger partial charge in [-0.2, -0.15) is 0 Å². The van der Waals surface area contributed by atoms with Crippen LogP contribution in [0.1, 0.15) is 45.5 Å². The Balaban J connectivity index is 1.31. The number of likely N-dealkylation sites (tertiary alicyclic amines) is 1. The van der Waals surface area contributed by atoms with E-state index in [1.165, 1.54) is 6.07 Å². The number of pyridine rings is 1. The Hall–Kier alpha value is -4.88. The smallest absolute Gasteiger partial charge is 0.252 e. The Labute approximate surface area is 322 Å². The van der Waals surface area contributed by atoms with Crippen molar-refractivity contribution in [3.63, 3.8) is 0 Å². The highest BCUT2D eigenvalue weighted by Crippen LogP contribution is 2.30. The maximum atomic E-state index is 14.3. The molecule has 14 heteroatoms. The maximum absolute atomic E-state index is 14.3. The Morgan fingerprint density at radius 3 is 2.22 bits per heavy atom. The summed E-state index contributed by atoms with van der Waals surface area (Å²) >= 11 is 13.1. The van der Waals surface area contributed by atoms with Crippen molar-refractivity contribution in [2.75, 3.05) is 26.2 Å². The van der Waals surface area contributed by atoms with E-state index in [1.807, 2.05) is 10.6 Å². The highest BCUT2D eigenvalue weighted by Gasteiger charge is 2.28. The molecule has 3 heterocycles. The summed E-state index contributed by atoms with van der Waals surface area (Å²) in [6.07, 6.45) is 7.42. The van der Waals surface area contributed by atoms with E-state index in [4.69, 9.17) is 28.9 Å². The number of nitrogens with zero attached hydrogens (tertiary/aromatic N) is 3. The molecule has 2 atom stereocenters. The van der Waals surface area contributed by atoms with Crippen molar-refractivity contribution in [1.29, 1.82) is 0 Å². The summed E-state index contributed by atoms with van der Waals surface area (Å²) in [5.74, 6) is -3.89. The number of nitrogens with one attached hydrogen (secondary N) is 3. The molecule has 5 aromatic rings. The van der Waals surface area contributed by atoms with E-state index < -0.39 is 41.4 Å². The van der Waals surface area contributed by atoms with Gasteiger partial charge < -0.3 is 26.3 Å². The van der Waals surface area contributed by atoms with Crippen molar-refractivity contribution in [2.45, 2.75) is 50.9 Å². The number of nitrogens with two attached hydrogens (primary N) is 1. The third kappa shape index (κ3) is 9.61. The van der Waals surface area contributed by atoms with Gasteiger partial charge in [-0.3, -0.25) is 24.3 Å². The standard InChI is InChI=1S/C40H41Cl2F2N7O3/c41-31-4-3-5-32(42)30(31)24-51-23-28(22-50-16-1-2-17-50)29-8-7-27(21-37(29)51)38(52)48-36(20-26-6-9-33(43)34(44)18-26)40(54)49-35(39(53)47-15-12-45)19-25-10-13-46-14-11-25/h3-11,13-14,18,21,23,35-36H,1-2,12,15-17,19-20,22,24,45H2,(H,47,53)(H,48,52)(H,49,54)/t35-,36-/m0/s1. The van der Waals surface area contributed by atoms with Crippen LogP contribution in [-0.2, 0) is 35.5 Å². The zero-order chi connectivity index (χ0) is 38.2. The van der Waals surface area contributed by atoms with Crippen LogP contribution in [0.15, 0.2) is 85.3 Å². The molecule has 1 aliphatic rings. The Morgan fingerprint density at radius 2 is 1.52 bits per heavy atom. The SMILES string of the molecule is NCCNC(=O)[C@H](Cc1ccncc1)NC(=O)[C@H](Cc1ccc(F)c(F)c1)NC(=O)c1ccc2c(CN3CCCC3)cn(Cc3c(Cl)cccc3Cl)c2c1. The molecule has 54 heavy (non-hydrogen) atoms. The first-order chi connectivity index (χ1) is 26.1. The molecule has 0 saturated carbocycles. The summed E-state index contributed by atoms with van der Waals surface area (Å²) in [6, 6.07) is 15.1. The van der Waals surface area contributed by atoms with Gasteiger partial charge in [0.05, 0.1) is 6.54 Å². The molecule has 2 aromatic heterocycles. The number of fused-ring (bicyclic) bond motifs is 1. The number of halogens is 4. The largest absolute Gasteiger partial charge is 0.353 e. The summed E-state index contributed by atoms with van der Waals surface area (Å²) < 4.78 is 30.2. The van der Waals surface area contributed by atoms with E-state index in [2.05, 4.69) is 32.0 Å². The second-order valence-electron chi connectivity index (χ2n) is 13.4. The average molecular weight is 777 g/mol. The summed E-state index contributed by atoms with van der Waals surface area (Å²) in [5.41, 5.74) is 9.45. The van der Waals surface area contributed by atoms with Gasteiger partial charge in [0.25, 0.3) is 5.91 Å². The zero-order valence-corrected chi connectivity index (χ0v) is 31.0. The summed E-state index contributed by atoms with van der Waals surface area (Å²) in [7, 11) is 0. The molecule has 0 radical (unpaired) electrons. The fourth-order valence-corrected chi connectivity index (χ4v) is 7.23. The minimum absolute atomic E-state index is 0.124. The molecular formula is C40H41Cl2F2N7O3. The van der Waals surface area contributed by atoms with E-state index in [0.717, 1.165) is 72.2 Å². The van der Waals surface area contributed by atoms with Gasteiger partial charge in [-0.15, -0.1) is 0 Å². The normalized spacial score (nSPS) is 14.2. The molecule has 0 unspecified atom stereocenters. The third-order valence-corrected chi connectivity index (χ3v) is 10.2. The molecular weight excluding hydrogens is 735 g/mol. The second-order valence-corrected chi connectivity index (χ2v) is 14.2. The fourth-order valence-electron chi connectivity index (χ4n) is 6.71. The molecule has 1 saturated heterocycles. The van der Waals surface area contributed by atoms with Crippen LogP contribution in [0.5, 0.6) is 0 Å². The highest BCUT2D eigenvalue weighted by molar-refractivity contribution is 6.36. The molecule has 5 N–H and O–H groups in total. The quantitative estimate of drug-likeness (QED) is 0.113. The van der Waals surface area contributed by atoms with Gasteiger partial charge >= 0.3 is 0 Å². The van der Waals surface area contributed by atoms with Crippen molar-refractivity contribution in [1.82, 2.24) is 30.4 Å². The minimum atomic E-state index is -1.28. The number of hydrogen-bond acceptors (Lipinski definition) is 6. The lowest BCUT2D eigenvalue weighted by atomic mass is 10.0. The molecule has 0 bridgehead atoms. The van der Waals surface area contributed by atoms with Crippen molar-refractivity contribution in [2.24, 2.45) is 5.73 Å². The van der Waals surface area contributed by atoms with E-state index in [1.54, 1.807) is 54.9 Å². The van der Waals surface area contributed by atoms with Crippen LogP contribution >= 0.6 is 23.2 Å². The van der Waals surface area contributed by atoms with Crippen molar-refractivity contribution in [3.8, 4) is 0 Å². The van der Waals surface area contributed by atoms with E-state index in [9.17, 15) is 23.2 Å². The average Bonchev–Trinajstić information content (AvgIpc) is 3.81. The molecule has 10 nitrogen and oxygen atoms in total. The number of hydrogen-bond donors (Lipinski definition) is 4. The Kier molecular flexibility index (Phi) is 12.9. The summed E-state index contributed by atoms with van der Waals surface area (Å²) in [4.78, 5) is 47.6. The van der Waals surface area contributed by atoms with E-state index in [-0.39, 0.29) is 37.1 Å². The number of aromatic nitrogens is 2. The van der Waals surface area contributed by atoms with Gasteiger partial charge in [0.2, 0.25) is 11.8 Å². The molecule has 0 spiro atoms. The molecule has 282 valence electrons. The number of carbonyl (C=O) groups is 3. The van der Waals surface area contributed by atoms with Crippen LogP contribution in [0.2, 0.25) is 10.0 Å². The van der Waals surface area contributed by atoms with Gasteiger partial charge in [-0.05, 0) is 91.2 Å². The fraction of sp³-hybridized carbons (Fsp3) is 0.300. The van der Waals surface area contributed by atoms with Crippen molar-refractivity contribution in [3.05, 3.63) is 135 Å². The minimum Gasteiger partial charge on any atom is -0.353 e. The van der Waals surface area contributed by atoms with E-state index >= 15 is 0 Å². The first kappa shape index (κ1) is 38.8. The van der Waals surface area contributed by atoms with Crippen LogP contribution in [-0.4, -0.2) is 70.4 Å². The molecule has 0 aliphatic carbocycles. The highest BCUT2D eigenvalue weighted by atomic mass is 35.5. The van der Waals surface area contributed by atoms with Gasteiger partial charge in [0.1, 0.15) is 12.1 Å². The maximum Gasteiger partial charge on any atom is 0.252 e. The molecule has 3 aromatic carbocycles. The van der Waals surface area contributed by atoms with Gasteiger partial charge in [0.15, 0.2) is 11.6 Å². The van der Waals surface area contributed by atoms with Crippen molar-refractivity contribution < 1.29 is 23.2 Å². The first-order valence-electron chi connectivity index (χ1n) is 17.8. The molecule has 1 fully saturated rings. The number of benzene rings is 3. The van der Waals surface area contributed by atoms with Crippen LogP contribution in [0, 0.1) is 11.6 Å². The monoisotopic (exact) mass is 775 g/mol. The Morgan fingerprint density at radius 1 is 0.815 bits per heavy atom. The molecule has 1 aliphatic heterocycles. The van der Waals surface area contributed by atoms with Gasteiger partial charge in [-0.25, -0.2) is 8.78 Å². The van der Waals surface area contributed by atoms with Crippen LogP contribution in [0.3, 0.4) is 0 Å². The van der Waals surface area contributed by atoms with Crippen LogP contribution in [0.4, 0.5) is 8.78 Å². The number of rotatable bonds is 15. The van der Waals surface area contributed by atoms with Gasteiger partial charge in [0, 0.05) is 83.1 Å². The molecule has 3 amide bonds. The van der Waals surface area contributed by atoms with Crippen molar-refractivity contribution >= 4 is 51.8 Å². The van der Waals surface area contributed by atoms with Crippen LogP contribution in [0.25, 0.3) is 10.9 Å². The van der Waals surface area contributed by atoms with Gasteiger partial charge in [-0.1, -0.05) is 41.4 Å². The summed E-state index contributed by atoms with van der Waals surface area (Å²) in [6.45, 7) is 3.47. The predicted molar refractivity (Wildman–Crippen MR) is 205 cm³/mol. The lowest BCUT2D eigenvalue weighted by molar-refractivity contribution is -0.129. The number of carbonyl (C=O) groups excluding carboxylic acids is 3. The first-order valence-corrected chi connectivity index (χ1v) is 18.5. The second kappa shape index (κ2) is 18.0. The third-order valence-electron chi connectivity index (χ3n) is 9.52. The van der Waals surface area contributed by atoms with E-state index in [0.29, 0.717) is 16.6 Å². The van der Waals surface area contributed by atoms with Crippen LogP contribution < -0.4 is 21.7 Å². The topological polar surface area (TPSA) is 134 Å². The zero-order valence-electron chi connectivity index (χ0n) is 29.5. The lowest BCUT2D eigenvalue weighted by Crippen LogP contribution is -2.55. The number of amides is 3. The molecule has 6 rings (SSSR count). The predicted octanol–water partition coefficient (Wildman–Crippen LogP) is 5.41.